The first-order valence-electron chi connectivity index (χ1n) is 4.21. The summed E-state index contributed by atoms with van der Waals surface area (Å²) in [5, 5.41) is 8.94. The first-order chi connectivity index (χ1) is 5.70. The van der Waals surface area contributed by atoms with Crippen LogP contribution in [0, 0.1) is 0 Å². The average Bonchev–Trinajstić information content (AvgIpc) is 2.05. The van der Waals surface area contributed by atoms with Gasteiger partial charge in [-0.2, -0.15) is 11.8 Å². The molecule has 0 aliphatic carbocycles. The zero-order valence-electron chi connectivity index (χ0n) is 7.08. The van der Waals surface area contributed by atoms with Crippen molar-refractivity contribution in [3.63, 3.8) is 0 Å². The second-order valence-corrected chi connectivity index (χ2v) is 4.39. The van der Waals surface area contributed by atoms with Crippen molar-refractivity contribution in [1.82, 2.24) is 0 Å². The maximum absolute atomic E-state index is 10.4. The van der Waals surface area contributed by atoms with Crippen molar-refractivity contribution in [3.05, 3.63) is 12.2 Å². The van der Waals surface area contributed by atoms with Crippen LogP contribution in [0.1, 0.15) is 25.7 Å². The van der Waals surface area contributed by atoms with E-state index in [0.29, 0.717) is 5.25 Å². The average molecular weight is 186 g/mol. The second kappa shape index (κ2) is 4.55. The molecule has 1 atom stereocenters. The molecule has 1 heterocycles. The van der Waals surface area contributed by atoms with E-state index in [-0.39, 0.29) is 6.42 Å². The highest BCUT2D eigenvalue weighted by Gasteiger charge is 2.18. The molecule has 1 saturated heterocycles. The van der Waals surface area contributed by atoms with Gasteiger partial charge in [-0.1, -0.05) is 18.6 Å². The summed E-state index contributed by atoms with van der Waals surface area (Å²) in [6.07, 6.45) is 3.73. The highest BCUT2D eigenvalue weighted by atomic mass is 32.2. The molecule has 0 aromatic carbocycles. The molecule has 1 fully saturated rings. The van der Waals surface area contributed by atoms with Crippen molar-refractivity contribution in [3.8, 4) is 0 Å². The van der Waals surface area contributed by atoms with Gasteiger partial charge in [-0.05, 0) is 18.6 Å². The number of aliphatic carboxylic acids is 1. The summed E-state index contributed by atoms with van der Waals surface area (Å²) < 4.78 is 0. The van der Waals surface area contributed by atoms with E-state index in [1.807, 2.05) is 11.8 Å². The third-order valence-corrected chi connectivity index (χ3v) is 3.51. The van der Waals surface area contributed by atoms with Gasteiger partial charge >= 0.3 is 5.97 Å². The number of hydrogen-bond donors (Lipinski definition) is 1. The molecule has 3 heteroatoms. The highest BCUT2D eigenvalue weighted by molar-refractivity contribution is 8.00. The van der Waals surface area contributed by atoms with Gasteiger partial charge in [0.2, 0.25) is 0 Å². The summed E-state index contributed by atoms with van der Waals surface area (Å²) in [7, 11) is 0. The Morgan fingerprint density at radius 2 is 2.33 bits per heavy atom. The van der Waals surface area contributed by atoms with E-state index in [9.17, 15) is 4.79 Å². The Bertz CT molecular complexity index is 183. The summed E-state index contributed by atoms with van der Waals surface area (Å²) in [6.45, 7) is 3.82. The second-order valence-electron chi connectivity index (χ2n) is 3.08. The van der Waals surface area contributed by atoms with Crippen molar-refractivity contribution < 1.29 is 9.90 Å². The molecule has 0 aromatic heterocycles. The number of thioether (sulfide) groups is 1. The fourth-order valence-electron chi connectivity index (χ4n) is 1.37. The zero-order chi connectivity index (χ0) is 8.97. The number of carbonyl (C=O) groups is 1. The molecule has 0 aromatic rings. The topological polar surface area (TPSA) is 37.3 Å². The van der Waals surface area contributed by atoms with Crippen LogP contribution in [0.5, 0.6) is 0 Å². The van der Waals surface area contributed by atoms with Crippen molar-refractivity contribution in [2.75, 3.05) is 5.75 Å². The van der Waals surface area contributed by atoms with E-state index in [0.717, 1.165) is 17.7 Å². The largest absolute Gasteiger partial charge is 0.481 e. The van der Waals surface area contributed by atoms with Crippen LogP contribution in [-0.2, 0) is 4.79 Å². The Morgan fingerprint density at radius 1 is 1.58 bits per heavy atom. The molecule has 1 rings (SSSR count). The number of hydrogen-bond acceptors (Lipinski definition) is 2. The van der Waals surface area contributed by atoms with Crippen LogP contribution in [0.25, 0.3) is 0 Å². The number of rotatable bonds is 3. The van der Waals surface area contributed by atoms with Crippen LogP contribution in [0.4, 0.5) is 0 Å². The Balaban J connectivity index is 2.34. The van der Waals surface area contributed by atoms with Crippen LogP contribution >= 0.6 is 11.8 Å². The molecule has 68 valence electrons. The van der Waals surface area contributed by atoms with Gasteiger partial charge in [0.15, 0.2) is 0 Å². The predicted octanol–water partition coefficient (Wildman–Crippen LogP) is 2.30. The minimum Gasteiger partial charge on any atom is -0.481 e. The summed E-state index contributed by atoms with van der Waals surface area (Å²) in [5.74, 6) is 0.398. The van der Waals surface area contributed by atoms with E-state index in [1.54, 1.807) is 0 Å². The Labute approximate surface area is 77.0 Å². The van der Waals surface area contributed by atoms with Gasteiger partial charge in [0.25, 0.3) is 0 Å². The van der Waals surface area contributed by atoms with E-state index in [1.165, 1.54) is 12.8 Å². The van der Waals surface area contributed by atoms with Crippen LogP contribution in [0.15, 0.2) is 12.2 Å². The standard InChI is InChI=1S/C9H14O2S/c1-7(6-9(10)11)8-4-2-3-5-12-8/h8H,1-6H2,(H,10,11). The first kappa shape index (κ1) is 9.65. The van der Waals surface area contributed by atoms with Gasteiger partial charge in [-0.3, -0.25) is 4.79 Å². The Morgan fingerprint density at radius 3 is 2.83 bits per heavy atom. The van der Waals surface area contributed by atoms with Gasteiger partial charge in [-0.25, -0.2) is 0 Å². The van der Waals surface area contributed by atoms with Crippen molar-refractivity contribution >= 4 is 17.7 Å². The lowest BCUT2D eigenvalue weighted by Crippen LogP contribution is -2.14. The molecule has 0 radical (unpaired) electrons. The van der Waals surface area contributed by atoms with Gasteiger partial charge < -0.3 is 5.11 Å². The van der Waals surface area contributed by atoms with Crippen LogP contribution in [0.3, 0.4) is 0 Å². The molecule has 0 amide bonds. The summed E-state index contributed by atoms with van der Waals surface area (Å²) in [4.78, 5) is 10.4. The normalized spacial score (nSPS) is 23.5. The molecule has 0 spiro atoms. The van der Waals surface area contributed by atoms with E-state index >= 15 is 0 Å². The molecule has 1 aliphatic heterocycles. The van der Waals surface area contributed by atoms with Crippen molar-refractivity contribution in [1.29, 1.82) is 0 Å². The van der Waals surface area contributed by atoms with E-state index in [4.69, 9.17) is 5.11 Å². The summed E-state index contributed by atoms with van der Waals surface area (Å²) in [6, 6.07) is 0. The Hall–Kier alpha value is -0.440. The fraction of sp³-hybridized carbons (Fsp3) is 0.667. The predicted molar refractivity (Wildman–Crippen MR) is 51.5 cm³/mol. The molecule has 0 bridgehead atoms. The quantitative estimate of drug-likeness (QED) is 0.687. The summed E-state index contributed by atoms with van der Waals surface area (Å²) >= 11 is 1.85. The molecular formula is C9H14O2S. The van der Waals surface area contributed by atoms with Gasteiger partial charge in [-0.15, -0.1) is 0 Å². The van der Waals surface area contributed by atoms with Crippen LogP contribution in [-0.4, -0.2) is 22.1 Å². The number of carboxylic acids is 1. The third-order valence-electron chi connectivity index (χ3n) is 2.01. The van der Waals surface area contributed by atoms with Gasteiger partial charge in [0.05, 0.1) is 6.42 Å². The lowest BCUT2D eigenvalue weighted by atomic mass is 10.1. The van der Waals surface area contributed by atoms with Gasteiger partial charge in [0, 0.05) is 5.25 Å². The molecule has 1 unspecified atom stereocenters. The monoisotopic (exact) mass is 186 g/mol. The van der Waals surface area contributed by atoms with Crippen molar-refractivity contribution in [2.45, 2.75) is 30.9 Å². The zero-order valence-corrected chi connectivity index (χ0v) is 7.90. The first-order valence-corrected chi connectivity index (χ1v) is 5.26. The molecule has 12 heavy (non-hydrogen) atoms. The summed E-state index contributed by atoms with van der Waals surface area (Å²) in [5.41, 5.74) is 0.882. The lowest BCUT2D eigenvalue weighted by molar-refractivity contribution is -0.136. The van der Waals surface area contributed by atoms with Crippen LogP contribution < -0.4 is 0 Å². The maximum Gasteiger partial charge on any atom is 0.307 e. The lowest BCUT2D eigenvalue weighted by Gasteiger charge is -2.22. The SMILES string of the molecule is C=C(CC(=O)O)C1CCCCS1. The maximum atomic E-state index is 10.4. The third kappa shape index (κ3) is 2.89. The minimum absolute atomic E-state index is 0.137. The molecule has 1 aliphatic rings. The van der Waals surface area contributed by atoms with E-state index in [2.05, 4.69) is 6.58 Å². The van der Waals surface area contributed by atoms with Gasteiger partial charge in [0.1, 0.15) is 0 Å². The molecule has 2 nitrogen and oxygen atoms in total. The Kier molecular flexibility index (Phi) is 3.66. The minimum atomic E-state index is -0.758. The highest BCUT2D eigenvalue weighted by Crippen LogP contribution is 2.30. The fourth-order valence-corrected chi connectivity index (χ4v) is 2.68. The van der Waals surface area contributed by atoms with E-state index < -0.39 is 5.97 Å². The molecular weight excluding hydrogens is 172 g/mol. The molecule has 0 saturated carbocycles. The smallest absolute Gasteiger partial charge is 0.307 e. The van der Waals surface area contributed by atoms with Crippen molar-refractivity contribution in [2.24, 2.45) is 0 Å². The number of carboxylic acid groups (broad SMARTS) is 1. The van der Waals surface area contributed by atoms with Crippen LogP contribution in [0.2, 0.25) is 0 Å². The molecule has 1 N–H and O–H groups in total.